The number of piperazine rings is 1. The van der Waals surface area contributed by atoms with E-state index in [1.165, 1.54) is 45.3 Å². The molecule has 3 nitrogen and oxygen atoms in total. The Bertz CT molecular complexity index is 309. The van der Waals surface area contributed by atoms with Gasteiger partial charge in [-0.25, -0.2) is 0 Å². The summed E-state index contributed by atoms with van der Waals surface area (Å²) in [7, 11) is 0. The highest BCUT2D eigenvalue weighted by atomic mass is 16.3. The highest BCUT2D eigenvalue weighted by Gasteiger charge is 2.37. The largest absolute Gasteiger partial charge is 0.393 e. The van der Waals surface area contributed by atoms with Gasteiger partial charge in [0.25, 0.3) is 0 Å². The van der Waals surface area contributed by atoms with E-state index < -0.39 is 0 Å². The molecule has 3 heteroatoms. The lowest BCUT2D eigenvalue weighted by Gasteiger charge is -2.45. The van der Waals surface area contributed by atoms with Crippen molar-refractivity contribution in [1.82, 2.24) is 9.80 Å². The zero-order valence-electron chi connectivity index (χ0n) is 12.6. The van der Waals surface area contributed by atoms with Crippen LogP contribution in [0.3, 0.4) is 0 Å². The fraction of sp³-hybridized carbons (Fsp3) is 1.00. The van der Waals surface area contributed by atoms with E-state index in [1.54, 1.807) is 0 Å². The molecule has 5 unspecified atom stereocenters. The lowest BCUT2D eigenvalue weighted by atomic mass is 9.80. The molecule has 1 N–H and O–H groups in total. The van der Waals surface area contributed by atoms with Crippen molar-refractivity contribution in [2.75, 3.05) is 26.2 Å². The van der Waals surface area contributed by atoms with Gasteiger partial charge >= 0.3 is 0 Å². The first-order valence-corrected chi connectivity index (χ1v) is 8.29. The zero-order valence-corrected chi connectivity index (χ0v) is 12.6. The minimum Gasteiger partial charge on any atom is -0.393 e. The predicted molar refractivity (Wildman–Crippen MR) is 78.1 cm³/mol. The molecule has 3 fully saturated rings. The second kappa shape index (κ2) is 5.71. The number of aliphatic hydroxyl groups is 1. The van der Waals surface area contributed by atoms with Gasteiger partial charge in [0.05, 0.1) is 6.10 Å². The van der Waals surface area contributed by atoms with Crippen LogP contribution in [-0.4, -0.2) is 59.3 Å². The van der Waals surface area contributed by atoms with Crippen molar-refractivity contribution in [3.63, 3.8) is 0 Å². The summed E-state index contributed by atoms with van der Waals surface area (Å²) in [6.45, 7) is 9.62. The Kier molecular flexibility index (Phi) is 4.16. The van der Waals surface area contributed by atoms with E-state index in [0.29, 0.717) is 12.0 Å². The SMILES string of the molecule is CC1CCC(O)C(CN2CC3CCCN3CC2C)C1. The minimum atomic E-state index is -0.0509. The van der Waals surface area contributed by atoms with E-state index in [0.717, 1.165) is 24.9 Å². The summed E-state index contributed by atoms with van der Waals surface area (Å²) in [5.74, 6) is 1.32. The predicted octanol–water partition coefficient (Wildman–Crippen LogP) is 1.95. The van der Waals surface area contributed by atoms with Crippen molar-refractivity contribution in [3.8, 4) is 0 Å². The van der Waals surface area contributed by atoms with Crippen LogP contribution in [0.1, 0.15) is 46.0 Å². The molecule has 110 valence electrons. The molecule has 2 saturated heterocycles. The fourth-order valence-corrected chi connectivity index (χ4v) is 4.48. The van der Waals surface area contributed by atoms with E-state index >= 15 is 0 Å². The van der Waals surface area contributed by atoms with Gasteiger partial charge in [-0.1, -0.05) is 6.92 Å². The van der Waals surface area contributed by atoms with Crippen LogP contribution in [0.2, 0.25) is 0 Å². The fourth-order valence-electron chi connectivity index (χ4n) is 4.48. The summed E-state index contributed by atoms with van der Waals surface area (Å²) < 4.78 is 0. The number of fused-ring (bicyclic) bond motifs is 1. The molecule has 3 rings (SSSR count). The summed E-state index contributed by atoms with van der Waals surface area (Å²) in [4.78, 5) is 5.35. The molecule has 0 aromatic carbocycles. The van der Waals surface area contributed by atoms with Crippen molar-refractivity contribution < 1.29 is 5.11 Å². The highest BCUT2D eigenvalue weighted by molar-refractivity contribution is 4.92. The molecule has 1 saturated carbocycles. The molecule has 0 aromatic heterocycles. The van der Waals surface area contributed by atoms with Gasteiger partial charge in [0, 0.05) is 31.7 Å². The maximum Gasteiger partial charge on any atom is 0.0580 e. The topological polar surface area (TPSA) is 26.7 Å². The lowest BCUT2D eigenvalue weighted by Crippen LogP contribution is -2.56. The van der Waals surface area contributed by atoms with Gasteiger partial charge in [0.2, 0.25) is 0 Å². The molecule has 1 aliphatic carbocycles. The third-order valence-corrected chi connectivity index (χ3v) is 5.74. The van der Waals surface area contributed by atoms with Crippen molar-refractivity contribution in [3.05, 3.63) is 0 Å². The molecular weight excluding hydrogens is 236 g/mol. The summed E-state index contributed by atoms with van der Waals surface area (Å²) in [5.41, 5.74) is 0. The number of aliphatic hydroxyl groups excluding tert-OH is 1. The summed E-state index contributed by atoms with van der Waals surface area (Å²) in [6, 6.07) is 1.47. The van der Waals surface area contributed by atoms with Crippen LogP contribution >= 0.6 is 0 Å². The van der Waals surface area contributed by atoms with Crippen molar-refractivity contribution >= 4 is 0 Å². The Labute approximate surface area is 118 Å². The monoisotopic (exact) mass is 266 g/mol. The lowest BCUT2D eigenvalue weighted by molar-refractivity contribution is -0.00447. The van der Waals surface area contributed by atoms with Crippen LogP contribution in [0, 0.1) is 11.8 Å². The van der Waals surface area contributed by atoms with Gasteiger partial charge in [-0.15, -0.1) is 0 Å². The van der Waals surface area contributed by atoms with Gasteiger partial charge in [-0.2, -0.15) is 0 Å². The molecule has 2 heterocycles. The maximum atomic E-state index is 10.3. The van der Waals surface area contributed by atoms with E-state index in [4.69, 9.17) is 0 Å². The van der Waals surface area contributed by atoms with Crippen LogP contribution in [0.25, 0.3) is 0 Å². The van der Waals surface area contributed by atoms with E-state index in [2.05, 4.69) is 23.6 Å². The first-order chi connectivity index (χ1) is 9.13. The molecular formula is C16H30N2O. The smallest absolute Gasteiger partial charge is 0.0580 e. The number of rotatable bonds is 2. The van der Waals surface area contributed by atoms with Gasteiger partial charge in [-0.05, 0) is 57.4 Å². The standard InChI is InChI=1S/C16H30N2O/c1-12-5-6-16(19)14(8-12)10-18-11-15-4-3-7-17(15)9-13(18)2/h12-16,19H,3-11H2,1-2H3. The Hall–Kier alpha value is -0.120. The molecule has 0 spiro atoms. The number of hydrogen-bond acceptors (Lipinski definition) is 3. The molecule has 0 amide bonds. The number of hydrogen-bond donors (Lipinski definition) is 1. The van der Waals surface area contributed by atoms with Crippen LogP contribution in [-0.2, 0) is 0 Å². The van der Waals surface area contributed by atoms with Gasteiger partial charge in [0.1, 0.15) is 0 Å². The Morgan fingerprint density at radius 3 is 2.79 bits per heavy atom. The van der Waals surface area contributed by atoms with E-state index in [1.807, 2.05) is 0 Å². The van der Waals surface area contributed by atoms with Gasteiger partial charge in [-0.3, -0.25) is 9.80 Å². The molecule has 2 aliphatic heterocycles. The average Bonchev–Trinajstić information content (AvgIpc) is 2.81. The van der Waals surface area contributed by atoms with Crippen molar-refractivity contribution in [2.24, 2.45) is 11.8 Å². The third-order valence-electron chi connectivity index (χ3n) is 5.74. The molecule has 0 radical (unpaired) electrons. The van der Waals surface area contributed by atoms with Crippen LogP contribution < -0.4 is 0 Å². The Balaban J connectivity index is 1.59. The van der Waals surface area contributed by atoms with Crippen LogP contribution in [0.4, 0.5) is 0 Å². The van der Waals surface area contributed by atoms with E-state index in [9.17, 15) is 5.11 Å². The second-order valence-electron chi connectivity index (χ2n) is 7.34. The van der Waals surface area contributed by atoms with Crippen molar-refractivity contribution in [1.29, 1.82) is 0 Å². The van der Waals surface area contributed by atoms with Crippen molar-refractivity contribution in [2.45, 2.75) is 64.1 Å². The Morgan fingerprint density at radius 2 is 1.95 bits per heavy atom. The molecule has 3 aliphatic rings. The Morgan fingerprint density at radius 1 is 1.11 bits per heavy atom. The van der Waals surface area contributed by atoms with Gasteiger partial charge in [0.15, 0.2) is 0 Å². The highest BCUT2D eigenvalue weighted by Crippen LogP contribution is 2.32. The molecule has 0 aromatic rings. The first-order valence-electron chi connectivity index (χ1n) is 8.29. The maximum absolute atomic E-state index is 10.3. The minimum absolute atomic E-state index is 0.0509. The van der Waals surface area contributed by atoms with Crippen LogP contribution in [0.5, 0.6) is 0 Å². The third kappa shape index (κ3) is 2.98. The molecule has 0 bridgehead atoms. The summed E-state index contributed by atoms with van der Waals surface area (Å²) >= 11 is 0. The summed E-state index contributed by atoms with van der Waals surface area (Å²) in [5, 5.41) is 10.3. The van der Waals surface area contributed by atoms with Gasteiger partial charge < -0.3 is 5.11 Å². The molecule has 19 heavy (non-hydrogen) atoms. The van der Waals surface area contributed by atoms with E-state index in [-0.39, 0.29) is 6.10 Å². The first kappa shape index (κ1) is 13.8. The summed E-state index contributed by atoms with van der Waals surface area (Å²) in [6.07, 6.45) is 6.16. The normalized spacial score (nSPS) is 45.3. The molecule has 5 atom stereocenters. The zero-order chi connectivity index (χ0) is 13.4. The van der Waals surface area contributed by atoms with Crippen LogP contribution in [0.15, 0.2) is 0 Å². The quantitative estimate of drug-likeness (QED) is 0.827. The second-order valence-corrected chi connectivity index (χ2v) is 7.34. The average molecular weight is 266 g/mol. The number of nitrogens with zero attached hydrogens (tertiary/aromatic N) is 2.